The SMILES string of the molecule is C=CC(=NCCOC)NC(=NC)Nc1ccc(OC)c(OCCCN2CCCC2)c1. The maximum atomic E-state index is 6.01. The average molecular weight is 418 g/mol. The van der Waals surface area contributed by atoms with Crippen LogP contribution in [-0.2, 0) is 4.74 Å². The molecule has 8 heteroatoms. The number of guanidine groups is 1. The van der Waals surface area contributed by atoms with E-state index < -0.39 is 0 Å². The van der Waals surface area contributed by atoms with Gasteiger partial charge in [0.25, 0.3) is 0 Å². The Labute approximate surface area is 180 Å². The monoisotopic (exact) mass is 417 g/mol. The molecular formula is C22H35N5O3. The molecule has 0 atom stereocenters. The van der Waals surface area contributed by atoms with E-state index in [0.717, 1.165) is 18.7 Å². The van der Waals surface area contributed by atoms with Crippen LogP contribution in [0, 0.1) is 0 Å². The van der Waals surface area contributed by atoms with Crippen LogP contribution in [0.5, 0.6) is 11.5 Å². The van der Waals surface area contributed by atoms with Gasteiger partial charge in [-0.2, -0.15) is 0 Å². The van der Waals surface area contributed by atoms with Gasteiger partial charge in [-0.05, 0) is 50.6 Å². The molecule has 0 unspecified atom stereocenters. The molecule has 166 valence electrons. The van der Waals surface area contributed by atoms with Crippen LogP contribution < -0.4 is 20.1 Å². The molecule has 0 saturated carbocycles. The zero-order valence-electron chi connectivity index (χ0n) is 18.4. The molecule has 2 N–H and O–H groups in total. The van der Waals surface area contributed by atoms with Gasteiger partial charge in [0, 0.05) is 32.5 Å². The van der Waals surface area contributed by atoms with Crippen LogP contribution in [0.15, 0.2) is 40.8 Å². The van der Waals surface area contributed by atoms with Gasteiger partial charge in [0.1, 0.15) is 5.84 Å². The van der Waals surface area contributed by atoms with E-state index in [2.05, 4.69) is 32.1 Å². The molecule has 1 aliphatic rings. The van der Waals surface area contributed by atoms with E-state index in [1.54, 1.807) is 27.3 Å². The van der Waals surface area contributed by atoms with Gasteiger partial charge >= 0.3 is 0 Å². The first-order chi connectivity index (χ1) is 14.7. The second kappa shape index (κ2) is 13.6. The average Bonchev–Trinajstić information content (AvgIpc) is 3.29. The number of methoxy groups -OCH3 is 2. The first-order valence-electron chi connectivity index (χ1n) is 10.4. The van der Waals surface area contributed by atoms with Gasteiger partial charge < -0.3 is 29.7 Å². The quantitative estimate of drug-likeness (QED) is 0.327. The van der Waals surface area contributed by atoms with E-state index in [1.165, 1.54) is 25.9 Å². The van der Waals surface area contributed by atoms with Crippen LogP contribution in [-0.4, -0.2) is 77.4 Å². The molecule has 0 amide bonds. The lowest BCUT2D eigenvalue weighted by atomic mass is 10.2. The summed E-state index contributed by atoms with van der Waals surface area (Å²) in [6.07, 6.45) is 5.25. The van der Waals surface area contributed by atoms with Crippen molar-refractivity contribution in [1.82, 2.24) is 10.2 Å². The summed E-state index contributed by atoms with van der Waals surface area (Å²) >= 11 is 0. The summed E-state index contributed by atoms with van der Waals surface area (Å²) in [6.45, 7) is 9.00. The molecule has 2 rings (SSSR count). The largest absolute Gasteiger partial charge is 0.493 e. The van der Waals surface area contributed by atoms with E-state index in [9.17, 15) is 0 Å². The van der Waals surface area contributed by atoms with Gasteiger partial charge in [0.15, 0.2) is 11.5 Å². The Hall–Kier alpha value is -2.58. The van der Waals surface area contributed by atoms with Gasteiger partial charge in [-0.3, -0.25) is 9.98 Å². The highest BCUT2D eigenvalue weighted by atomic mass is 16.5. The molecule has 0 spiro atoms. The summed E-state index contributed by atoms with van der Waals surface area (Å²) in [5.74, 6) is 2.58. The number of amidine groups is 1. The van der Waals surface area contributed by atoms with Crippen LogP contribution in [0.3, 0.4) is 0 Å². The number of rotatable bonds is 11. The Morgan fingerprint density at radius 1 is 1.20 bits per heavy atom. The zero-order valence-corrected chi connectivity index (χ0v) is 18.4. The minimum absolute atomic E-state index is 0.541. The van der Waals surface area contributed by atoms with Gasteiger partial charge in [0.05, 0.1) is 26.9 Å². The molecule has 8 nitrogen and oxygen atoms in total. The normalized spacial score (nSPS) is 15.2. The van der Waals surface area contributed by atoms with Crippen LogP contribution in [0.4, 0.5) is 5.69 Å². The fourth-order valence-electron chi connectivity index (χ4n) is 3.16. The molecule has 0 aromatic heterocycles. The molecular weight excluding hydrogens is 382 g/mol. The van der Waals surface area contributed by atoms with E-state index in [1.807, 2.05) is 18.2 Å². The summed E-state index contributed by atoms with van der Waals surface area (Å²) in [5, 5.41) is 6.38. The Morgan fingerprint density at radius 3 is 2.67 bits per heavy atom. The first-order valence-corrected chi connectivity index (χ1v) is 10.4. The highest BCUT2D eigenvalue weighted by Crippen LogP contribution is 2.30. The summed E-state index contributed by atoms with van der Waals surface area (Å²) < 4.78 is 16.5. The van der Waals surface area contributed by atoms with Gasteiger partial charge in [0.2, 0.25) is 5.96 Å². The minimum atomic E-state index is 0.541. The van der Waals surface area contributed by atoms with E-state index in [0.29, 0.717) is 43.1 Å². The zero-order chi connectivity index (χ0) is 21.6. The molecule has 0 aliphatic carbocycles. The van der Waals surface area contributed by atoms with Crippen molar-refractivity contribution in [2.24, 2.45) is 9.98 Å². The Bertz CT molecular complexity index is 715. The lowest BCUT2D eigenvalue weighted by Gasteiger charge is -2.17. The number of hydrogen-bond acceptors (Lipinski definition) is 6. The summed E-state index contributed by atoms with van der Waals surface area (Å²) in [6, 6.07) is 5.71. The third kappa shape index (κ3) is 8.04. The molecule has 1 aromatic rings. The highest BCUT2D eigenvalue weighted by molar-refractivity contribution is 6.09. The lowest BCUT2D eigenvalue weighted by molar-refractivity contribution is 0.208. The van der Waals surface area contributed by atoms with Crippen LogP contribution in [0.2, 0.25) is 0 Å². The van der Waals surface area contributed by atoms with E-state index in [-0.39, 0.29) is 0 Å². The van der Waals surface area contributed by atoms with Gasteiger partial charge in [-0.15, -0.1) is 0 Å². The van der Waals surface area contributed by atoms with Crippen molar-refractivity contribution in [1.29, 1.82) is 0 Å². The molecule has 0 radical (unpaired) electrons. The minimum Gasteiger partial charge on any atom is -0.493 e. The molecule has 1 heterocycles. The third-order valence-electron chi connectivity index (χ3n) is 4.74. The number of hydrogen-bond donors (Lipinski definition) is 2. The second-order valence-corrected chi connectivity index (χ2v) is 6.90. The Balaban J connectivity index is 1.94. The number of benzene rings is 1. The summed E-state index contributed by atoms with van der Waals surface area (Å²) in [5.41, 5.74) is 0.832. The van der Waals surface area contributed by atoms with Crippen molar-refractivity contribution in [2.75, 3.05) is 66.0 Å². The van der Waals surface area contributed by atoms with Crippen LogP contribution >= 0.6 is 0 Å². The number of nitrogens with one attached hydrogen (secondary N) is 2. The highest BCUT2D eigenvalue weighted by Gasteiger charge is 2.12. The standard InChI is InChI=1S/C22H35N5O3/c1-5-21(24-11-16-28-3)26-22(23-2)25-18-9-10-19(29-4)20(17-18)30-15-8-14-27-12-6-7-13-27/h5,9-10,17H,1,6-8,11-16H2,2-4H3,(H2,23,24,25,26). The third-order valence-corrected chi connectivity index (χ3v) is 4.74. The van der Waals surface area contributed by atoms with Crippen molar-refractivity contribution >= 4 is 17.5 Å². The van der Waals surface area contributed by atoms with Crippen molar-refractivity contribution in [3.8, 4) is 11.5 Å². The lowest BCUT2D eigenvalue weighted by Crippen LogP contribution is -2.35. The maximum Gasteiger partial charge on any atom is 0.201 e. The van der Waals surface area contributed by atoms with Gasteiger partial charge in [-0.1, -0.05) is 6.58 Å². The molecule has 0 bridgehead atoms. The number of likely N-dealkylation sites (tertiary alicyclic amines) is 1. The Kier molecular flexibility index (Phi) is 10.7. The number of aliphatic imine (C=N–C) groups is 2. The fourth-order valence-corrected chi connectivity index (χ4v) is 3.16. The number of nitrogens with zero attached hydrogens (tertiary/aromatic N) is 3. The van der Waals surface area contributed by atoms with Crippen molar-refractivity contribution in [2.45, 2.75) is 19.3 Å². The Morgan fingerprint density at radius 2 is 2.00 bits per heavy atom. The fraction of sp³-hybridized carbons (Fsp3) is 0.545. The first kappa shape index (κ1) is 23.7. The van der Waals surface area contributed by atoms with Gasteiger partial charge in [-0.25, -0.2) is 0 Å². The predicted octanol–water partition coefficient (Wildman–Crippen LogP) is 2.78. The smallest absolute Gasteiger partial charge is 0.201 e. The molecule has 1 fully saturated rings. The number of ether oxygens (including phenoxy) is 3. The summed E-state index contributed by atoms with van der Waals surface area (Å²) in [7, 11) is 4.99. The molecule has 1 aromatic carbocycles. The molecule has 30 heavy (non-hydrogen) atoms. The maximum absolute atomic E-state index is 6.01. The van der Waals surface area contributed by atoms with Crippen molar-refractivity contribution < 1.29 is 14.2 Å². The van der Waals surface area contributed by atoms with E-state index in [4.69, 9.17) is 14.2 Å². The van der Waals surface area contributed by atoms with E-state index >= 15 is 0 Å². The molecule has 1 saturated heterocycles. The number of anilines is 1. The topological polar surface area (TPSA) is 79.7 Å². The second-order valence-electron chi connectivity index (χ2n) is 6.90. The van der Waals surface area contributed by atoms with Crippen LogP contribution in [0.1, 0.15) is 19.3 Å². The van der Waals surface area contributed by atoms with Crippen molar-refractivity contribution in [3.05, 3.63) is 30.9 Å². The molecule has 1 aliphatic heterocycles. The van der Waals surface area contributed by atoms with Crippen LogP contribution in [0.25, 0.3) is 0 Å². The predicted molar refractivity (Wildman–Crippen MR) is 123 cm³/mol. The van der Waals surface area contributed by atoms with Crippen molar-refractivity contribution in [3.63, 3.8) is 0 Å². The summed E-state index contributed by atoms with van der Waals surface area (Å²) in [4.78, 5) is 11.1.